The molecule has 110 valence electrons. The van der Waals surface area contributed by atoms with Crippen LogP contribution in [0.25, 0.3) is 6.08 Å². The van der Waals surface area contributed by atoms with E-state index in [0.717, 1.165) is 43.2 Å². The predicted molar refractivity (Wildman–Crippen MR) is 75.3 cm³/mol. The quantitative estimate of drug-likeness (QED) is 0.792. The van der Waals surface area contributed by atoms with Crippen LogP contribution in [0.5, 0.6) is 0 Å². The summed E-state index contributed by atoms with van der Waals surface area (Å²) in [5, 5.41) is 0. The summed E-state index contributed by atoms with van der Waals surface area (Å²) in [6.07, 6.45) is 2.12. The lowest BCUT2D eigenvalue weighted by Gasteiger charge is -2.29. The van der Waals surface area contributed by atoms with Crippen molar-refractivity contribution in [3.05, 3.63) is 41.5 Å². The second-order valence-electron chi connectivity index (χ2n) is 5.51. The van der Waals surface area contributed by atoms with E-state index in [1.54, 1.807) is 0 Å². The molecule has 0 bridgehead atoms. The summed E-state index contributed by atoms with van der Waals surface area (Å²) in [7, 11) is 0. The number of likely N-dealkylation sites (tertiary alicyclic amines) is 1. The van der Waals surface area contributed by atoms with Crippen molar-refractivity contribution >= 4 is 6.08 Å². The summed E-state index contributed by atoms with van der Waals surface area (Å²) in [6.45, 7) is 5.36. The van der Waals surface area contributed by atoms with Gasteiger partial charge in [0.15, 0.2) is 0 Å². The Kier molecular flexibility index (Phi) is 4.86. The van der Waals surface area contributed by atoms with Crippen LogP contribution in [-0.2, 0) is 6.18 Å². The number of hydrogen-bond acceptors (Lipinski definition) is 1. The Morgan fingerprint density at radius 3 is 2.30 bits per heavy atom. The molecule has 20 heavy (non-hydrogen) atoms. The van der Waals surface area contributed by atoms with Gasteiger partial charge in [0.1, 0.15) is 0 Å². The fraction of sp³-hybridized carbons (Fsp3) is 0.500. The first-order chi connectivity index (χ1) is 9.45. The van der Waals surface area contributed by atoms with Gasteiger partial charge in [0.25, 0.3) is 0 Å². The van der Waals surface area contributed by atoms with E-state index < -0.39 is 11.7 Å². The van der Waals surface area contributed by atoms with Gasteiger partial charge in [-0.15, -0.1) is 0 Å². The highest BCUT2D eigenvalue weighted by Crippen LogP contribution is 2.29. The highest BCUT2D eigenvalue weighted by atomic mass is 19.4. The van der Waals surface area contributed by atoms with Crippen LogP contribution >= 0.6 is 0 Å². The molecule has 1 aromatic carbocycles. The van der Waals surface area contributed by atoms with E-state index >= 15 is 0 Å². The van der Waals surface area contributed by atoms with E-state index in [2.05, 4.69) is 11.8 Å². The zero-order chi connectivity index (χ0) is 14.6. The summed E-state index contributed by atoms with van der Waals surface area (Å²) >= 11 is 0. The van der Waals surface area contributed by atoms with E-state index in [0.29, 0.717) is 0 Å². The molecule has 1 fully saturated rings. The molecule has 0 unspecified atom stereocenters. The van der Waals surface area contributed by atoms with Crippen molar-refractivity contribution in [1.29, 1.82) is 0 Å². The molecule has 1 nitrogen and oxygen atoms in total. The Labute approximate surface area is 118 Å². The number of benzene rings is 1. The van der Waals surface area contributed by atoms with Crippen molar-refractivity contribution in [2.75, 3.05) is 19.6 Å². The molecule has 4 heteroatoms. The monoisotopic (exact) mass is 283 g/mol. The zero-order valence-corrected chi connectivity index (χ0v) is 11.7. The van der Waals surface area contributed by atoms with E-state index in [1.165, 1.54) is 25.0 Å². The van der Waals surface area contributed by atoms with Gasteiger partial charge in [-0.25, -0.2) is 0 Å². The molecule has 0 aliphatic carbocycles. The molecule has 1 aliphatic rings. The maximum Gasteiger partial charge on any atom is 0.416 e. The average molecular weight is 283 g/mol. The maximum absolute atomic E-state index is 12.4. The number of piperidine rings is 1. The Balaban J connectivity index is 1.85. The number of halogens is 3. The van der Waals surface area contributed by atoms with Crippen molar-refractivity contribution < 1.29 is 13.2 Å². The lowest BCUT2D eigenvalue weighted by Crippen LogP contribution is -2.32. The first kappa shape index (κ1) is 15.1. The van der Waals surface area contributed by atoms with Crippen molar-refractivity contribution in [2.24, 2.45) is 5.92 Å². The summed E-state index contributed by atoms with van der Waals surface area (Å²) in [5.41, 5.74) is 0.211. The van der Waals surface area contributed by atoms with E-state index in [-0.39, 0.29) is 0 Å². The molecular formula is C16H20F3N. The minimum absolute atomic E-state index is 0.598. The molecule has 1 saturated heterocycles. The number of hydrogen-bond donors (Lipinski definition) is 0. The third-order valence-electron chi connectivity index (χ3n) is 3.79. The predicted octanol–water partition coefficient (Wildman–Crippen LogP) is 4.45. The summed E-state index contributed by atoms with van der Waals surface area (Å²) in [6, 6.07) is 5.28. The van der Waals surface area contributed by atoms with Crippen LogP contribution in [0.15, 0.2) is 30.3 Å². The van der Waals surface area contributed by atoms with Crippen molar-refractivity contribution in [2.45, 2.75) is 25.9 Å². The molecule has 0 N–H and O–H groups in total. The van der Waals surface area contributed by atoms with Gasteiger partial charge < -0.3 is 0 Å². The molecule has 0 radical (unpaired) electrons. The van der Waals surface area contributed by atoms with Crippen molar-refractivity contribution in [1.82, 2.24) is 4.90 Å². The van der Waals surface area contributed by atoms with E-state index in [9.17, 15) is 13.2 Å². The van der Waals surface area contributed by atoms with Crippen LogP contribution in [0.2, 0.25) is 0 Å². The van der Waals surface area contributed by atoms with Gasteiger partial charge in [-0.1, -0.05) is 31.2 Å². The van der Waals surface area contributed by atoms with Crippen LogP contribution in [0.3, 0.4) is 0 Å². The topological polar surface area (TPSA) is 3.24 Å². The Morgan fingerprint density at radius 2 is 1.75 bits per heavy atom. The highest BCUT2D eigenvalue weighted by molar-refractivity contribution is 5.50. The second kappa shape index (κ2) is 6.44. The van der Waals surface area contributed by atoms with E-state index in [1.807, 2.05) is 12.2 Å². The van der Waals surface area contributed by atoms with Gasteiger partial charge >= 0.3 is 6.18 Å². The van der Waals surface area contributed by atoms with Crippen LogP contribution < -0.4 is 0 Å². The van der Waals surface area contributed by atoms with Gasteiger partial charge in [0.2, 0.25) is 0 Å². The summed E-state index contributed by atoms with van der Waals surface area (Å²) < 4.78 is 37.3. The average Bonchev–Trinajstić information content (AvgIpc) is 2.41. The smallest absolute Gasteiger partial charge is 0.300 e. The number of rotatable bonds is 3. The fourth-order valence-electron chi connectivity index (χ4n) is 2.37. The van der Waals surface area contributed by atoms with Crippen LogP contribution in [-0.4, -0.2) is 24.5 Å². The third-order valence-corrected chi connectivity index (χ3v) is 3.79. The van der Waals surface area contributed by atoms with Gasteiger partial charge in [0, 0.05) is 6.54 Å². The molecule has 1 heterocycles. The molecule has 0 amide bonds. The molecule has 1 aromatic rings. The lowest BCUT2D eigenvalue weighted by molar-refractivity contribution is -0.137. The van der Waals surface area contributed by atoms with Gasteiger partial charge in [-0.2, -0.15) is 13.2 Å². The molecule has 2 rings (SSSR count). The normalized spacial score (nSPS) is 18.8. The standard InChI is InChI=1S/C16H20F3N/c1-13-8-11-20(12-9-13)10-2-3-14-4-6-15(7-5-14)16(17,18)19/h2-7,13H,8-12H2,1H3/b3-2+. The van der Waals surface area contributed by atoms with Crippen LogP contribution in [0, 0.1) is 5.92 Å². The zero-order valence-electron chi connectivity index (χ0n) is 11.7. The van der Waals surface area contributed by atoms with Crippen molar-refractivity contribution in [3.8, 4) is 0 Å². The summed E-state index contributed by atoms with van der Waals surface area (Å²) in [5.74, 6) is 0.810. The van der Waals surface area contributed by atoms with Gasteiger partial charge in [-0.3, -0.25) is 4.90 Å². The fourth-order valence-corrected chi connectivity index (χ4v) is 2.37. The minimum atomic E-state index is -4.26. The van der Waals surface area contributed by atoms with E-state index in [4.69, 9.17) is 0 Å². The molecular weight excluding hydrogens is 263 g/mol. The molecule has 0 spiro atoms. The van der Waals surface area contributed by atoms with Gasteiger partial charge in [0.05, 0.1) is 5.56 Å². The minimum Gasteiger partial charge on any atom is -0.300 e. The number of alkyl halides is 3. The molecule has 0 atom stereocenters. The van der Waals surface area contributed by atoms with Crippen molar-refractivity contribution in [3.63, 3.8) is 0 Å². The van der Waals surface area contributed by atoms with Crippen LogP contribution in [0.4, 0.5) is 13.2 Å². The second-order valence-corrected chi connectivity index (χ2v) is 5.51. The molecule has 1 aliphatic heterocycles. The third kappa shape index (κ3) is 4.37. The lowest BCUT2D eigenvalue weighted by atomic mass is 9.99. The molecule has 0 aromatic heterocycles. The summed E-state index contributed by atoms with van der Waals surface area (Å²) in [4.78, 5) is 2.38. The highest BCUT2D eigenvalue weighted by Gasteiger charge is 2.29. The first-order valence-corrected chi connectivity index (χ1v) is 7.01. The Hall–Kier alpha value is -1.29. The SMILES string of the molecule is CC1CCN(C/C=C/c2ccc(C(F)(F)F)cc2)CC1. The number of nitrogens with zero attached hydrogens (tertiary/aromatic N) is 1. The van der Waals surface area contributed by atoms with Crippen LogP contribution in [0.1, 0.15) is 30.9 Å². The maximum atomic E-state index is 12.4. The largest absolute Gasteiger partial charge is 0.416 e. The van der Waals surface area contributed by atoms with Gasteiger partial charge in [-0.05, 0) is 49.5 Å². The Bertz CT molecular complexity index is 440. The first-order valence-electron chi connectivity index (χ1n) is 7.01. The molecule has 0 saturated carbocycles. The Morgan fingerprint density at radius 1 is 1.15 bits per heavy atom.